The summed E-state index contributed by atoms with van der Waals surface area (Å²) in [6, 6.07) is 19.8. The van der Waals surface area contributed by atoms with Gasteiger partial charge < -0.3 is 4.74 Å². The lowest BCUT2D eigenvalue weighted by Gasteiger charge is -2.14. The molecular formula is C25H23N3O4. The molecule has 7 nitrogen and oxygen atoms in total. The summed E-state index contributed by atoms with van der Waals surface area (Å²) in [5.41, 5.74) is 3.51. The van der Waals surface area contributed by atoms with Crippen LogP contribution < -0.4 is 10.4 Å². The number of nitrogens with zero attached hydrogens (tertiary/aromatic N) is 3. The van der Waals surface area contributed by atoms with E-state index in [-0.39, 0.29) is 12.2 Å². The Hall–Kier alpha value is -4.00. The highest BCUT2D eigenvalue weighted by Gasteiger charge is 2.15. The van der Waals surface area contributed by atoms with E-state index in [1.807, 2.05) is 36.4 Å². The second kappa shape index (κ2) is 8.63. The van der Waals surface area contributed by atoms with Gasteiger partial charge in [0.25, 0.3) is 5.69 Å². The van der Waals surface area contributed by atoms with Gasteiger partial charge in [0.2, 0.25) is 0 Å². The van der Waals surface area contributed by atoms with E-state index in [2.05, 4.69) is 18.8 Å². The van der Waals surface area contributed by atoms with Gasteiger partial charge in [-0.2, -0.15) is 4.98 Å². The lowest BCUT2D eigenvalue weighted by molar-refractivity contribution is -0.384. The topological polar surface area (TPSA) is 87.3 Å². The van der Waals surface area contributed by atoms with Crippen LogP contribution in [0.1, 0.15) is 30.9 Å². The molecular weight excluding hydrogens is 406 g/mol. The van der Waals surface area contributed by atoms with Gasteiger partial charge in [0.05, 0.1) is 29.8 Å². The Balaban J connectivity index is 1.88. The maximum Gasteiger partial charge on any atom is 0.348 e. The molecule has 0 spiro atoms. The molecule has 0 fully saturated rings. The zero-order valence-electron chi connectivity index (χ0n) is 18.1. The van der Waals surface area contributed by atoms with Gasteiger partial charge in [0.1, 0.15) is 5.75 Å². The maximum atomic E-state index is 13.1. The van der Waals surface area contributed by atoms with Crippen LogP contribution in [-0.2, 0) is 6.54 Å². The predicted molar refractivity (Wildman–Crippen MR) is 124 cm³/mol. The summed E-state index contributed by atoms with van der Waals surface area (Å²) in [6.45, 7) is 4.42. The molecule has 1 aromatic heterocycles. The summed E-state index contributed by atoms with van der Waals surface area (Å²) in [6.07, 6.45) is 0. The Kier molecular flexibility index (Phi) is 5.73. The molecule has 0 N–H and O–H groups in total. The summed E-state index contributed by atoms with van der Waals surface area (Å²) in [7, 11) is 1.59. The predicted octanol–water partition coefficient (Wildman–Crippen LogP) is 5.15. The van der Waals surface area contributed by atoms with E-state index in [4.69, 9.17) is 4.74 Å². The van der Waals surface area contributed by atoms with Gasteiger partial charge in [0.15, 0.2) is 0 Å². The highest BCUT2D eigenvalue weighted by Crippen LogP contribution is 2.30. The molecule has 0 aliphatic carbocycles. The molecule has 0 radical (unpaired) electrons. The third-order valence-corrected chi connectivity index (χ3v) is 5.50. The Morgan fingerprint density at radius 1 is 1.06 bits per heavy atom. The molecule has 3 aromatic carbocycles. The van der Waals surface area contributed by atoms with Gasteiger partial charge in [-0.05, 0) is 35.2 Å². The van der Waals surface area contributed by atoms with Crippen LogP contribution in [0.5, 0.6) is 5.75 Å². The number of aromatic nitrogens is 2. The zero-order valence-corrected chi connectivity index (χ0v) is 18.1. The minimum atomic E-state index is -0.447. The third kappa shape index (κ3) is 4.09. The molecule has 0 bridgehead atoms. The summed E-state index contributed by atoms with van der Waals surface area (Å²) < 4.78 is 6.93. The number of benzene rings is 3. The first-order valence-electron chi connectivity index (χ1n) is 10.3. The molecule has 0 aliphatic heterocycles. The van der Waals surface area contributed by atoms with Crippen LogP contribution in [0.3, 0.4) is 0 Å². The van der Waals surface area contributed by atoms with Gasteiger partial charge >= 0.3 is 5.69 Å². The van der Waals surface area contributed by atoms with E-state index in [0.29, 0.717) is 28.4 Å². The fourth-order valence-electron chi connectivity index (χ4n) is 3.74. The van der Waals surface area contributed by atoms with E-state index in [1.54, 1.807) is 25.3 Å². The first kappa shape index (κ1) is 21.2. The van der Waals surface area contributed by atoms with Gasteiger partial charge in [-0.1, -0.05) is 50.2 Å². The third-order valence-electron chi connectivity index (χ3n) is 5.50. The molecule has 1 heterocycles. The van der Waals surface area contributed by atoms with Gasteiger partial charge in [-0.3, -0.25) is 14.7 Å². The summed E-state index contributed by atoms with van der Waals surface area (Å²) in [5.74, 6) is 1.05. The fourth-order valence-corrected chi connectivity index (χ4v) is 3.74. The van der Waals surface area contributed by atoms with Gasteiger partial charge in [0, 0.05) is 23.1 Å². The lowest BCUT2D eigenvalue weighted by Crippen LogP contribution is -2.24. The van der Waals surface area contributed by atoms with Crippen LogP contribution in [0.25, 0.3) is 22.2 Å². The fraction of sp³-hybridized carbons (Fsp3) is 0.200. The maximum absolute atomic E-state index is 13.1. The second-order valence-electron chi connectivity index (χ2n) is 7.92. The monoisotopic (exact) mass is 429 g/mol. The number of hydrogen-bond acceptors (Lipinski definition) is 5. The highest BCUT2D eigenvalue weighted by atomic mass is 16.6. The van der Waals surface area contributed by atoms with Crippen LogP contribution >= 0.6 is 0 Å². The van der Waals surface area contributed by atoms with Crippen molar-refractivity contribution < 1.29 is 9.66 Å². The Morgan fingerprint density at radius 3 is 2.47 bits per heavy atom. The molecule has 32 heavy (non-hydrogen) atoms. The SMILES string of the molecule is COc1ccc2c(c1)c(-c1ccc(C(C)C)cc1)nc(=O)n2Cc1cccc([N+](=O)[O-])c1. The summed E-state index contributed by atoms with van der Waals surface area (Å²) >= 11 is 0. The summed E-state index contributed by atoms with van der Waals surface area (Å²) in [4.78, 5) is 28.1. The molecule has 4 aromatic rings. The van der Waals surface area contributed by atoms with Crippen molar-refractivity contribution >= 4 is 16.6 Å². The van der Waals surface area contributed by atoms with Crippen molar-refractivity contribution in [2.24, 2.45) is 0 Å². The number of hydrogen-bond donors (Lipinski definition) is 0. The second-order valence-corrected chi connectivity index (χ2v) is 7.92. The number of fused-ring (bicyclic) bond motifs is 1. The van der Waals surface area contributed by atoms with Crippen LogP contribution in [0.15, 0.2) is 71.5 Å². The van der Waals surface area contributed by atoms with Crippen molar-refractivity contribution in [3.8, 4) is 17.0 Å². The number of non-ortho nitro benzene ring substituents is 1. The zero-order chi connectivity index (χ0) is 22.8. The van der Waals surface area contributed by atoms with E-state index < -0.39 is 10.6 Å². The van der Waals surface area contributed by atoms with Crippen LogP contribution in [0, 0.1) is 10.1 Å². The molecule has 0 unspecified atom stereocenters. The minimum absolute atomic E-state index is 0.0173. The van der Waals surface area contributed by atoms with Crippen LogP contribution in [-0.4, -0.2) is 21.6 Å². The van der Waals surface area contributed by atoms with Crippen LogP contribution in [0.4, 0.5) is 5.69 Å². The van der Waals surface area contributed by atoms with Crippen molar-refractivity contribution in [1.29, 1.82) is 0 Å². The minimum Gasteiger partial charge on any atom is -0.497 e. The van der Waals surface area contributed by atoms with Crippen molar-refractivity contribution in [1.82, 2.24) is 9.55 Å². The summed E-state index contributed by atoms with van der Waals surface area (Å²) in [5, 5.41) is 11.9. The molecule has 7 heteroatoms. The smallest absolute Gasteiger partial charge is 0.348 e. The highest BCUT2D eigenvalue weighted by molar-refractivity contribution is 5.93. The number of methoxy groups -OCH3 is 1. The first-order chi connectivity index (χ1) is 15.4. The van der Waals surface area contributed by atoms with Gasteiger partial charge in [-0.25, -0.2) is 4.79 Å². The largest absolute Gasteiger partial charge is 0.497 e. The standard InChI is InChI=1S/C25H23N3O4/c1-16(2)18-7-9-19(10-8-18)24-22-14-21(32-3)11-12-23(22)27(25(29)26-24)15-17-5-4-6-20(13-17)28(30)31/h4-14,16H,15H2,1-3H3. The van der Waals surface area contributed by atoms with Crippen molar-refractivity contribution in [3.05, 3.63) is 98.5 Å². The molecule has 0 amide bonds. The molecule has 4 rings (SSSR count). The van der Waals surface area contributed by atoms with E-state index in [9.17, 15) is 14.9 Å². The lowest BCUT2D eigenvalue weighted by atomic mass is 9.99. The average molecular weight is 429 g/mol. The number of ether oxygens (including phenoxy) is 1. The van der Waals surface area contributed by atoms with Gasteiger partial charge in [-0.15, -0.1) is 0 Å². The number of rotatable bonds is 6. The average Bonchev–Trinajstić information content (AvgIpc) is 2.80. The first-order valence-corrected chi connectivity index (χ1v) is 10.3. The van der Waals surface area contributed by atoms with E-state index in [0.717, 1.165) is 10.9 Å². The number of nitro groups is 1. The Morgan fingerprint density at radius 2 is 1.81 bits per heavy atom. The van der Waals surface area contributed by atoms with E-state index >= 15 is 0 Å². The van der Waals surface area contributed by atoms with Crippen molar-refractivity contribution in [2.75, 3.05) is 7.11 Å². The van der Waals surface area contributed by atoms with Crippen molar-refractivity contribution in [3.63, 3.8) is 0 Å². The number of nitro benzene ring substituents is 1. The normalized spacial score (nSPS) is 11.1. The Labute approximate surface area is 185 Å². The molecule has 0 atom stereocenters. The molecule has 0 saturated carbocycles. The van der Waals surface area contributed by atoms with E-state index in [1.165, 1.54) is 22.3 Å². The quantitative estimate of drug-likeness (QED) is 0.312. The Bertz CT molecular complexity index is 1360. The molecule has 0 saturated heterocycles. The molecule has 162 valence electrons. The molecule has 0 aliphatic rings. The van der Waals surface area contributed by atoms with Crippen LogP contribution in [0.2, 0.25) is 0 Å². The van der Waals surface area contributed by atoms with Crippen molar-refractivity contribution in [2.45, 2.75) is 26.3 Å².